The van der Waals surface area contributed by atoms with Crippen LogP contribution in [0.5, 0.6) is 0 Å². The van der Waals surface area contributed by atoms with Crippen LogP contribution in [-0.4, -0.2) is 21.1 Å². The minimum atomic E-state index is -0.140. The molecule has 46 valence electrons. The molecule has 0 aliphatic carbocycles. The minimum absolute atomic E-state index is 0.0269. The second-order valence-electron chi connectivity index (χ2n) is 1.13. The van der Waals surface area contributed by atoms with Crippen LogP contribution in [0.2, 0.25) is 0 Å². The fraction of sp³-hybridized carbons (Fsp3) is 0. The predicted molar refractivity (Wildman–Crippen MR) is 39.5 cm³/mol. The molecule has 0 aliphatic rings. The van der Waals surface area contributed by atoms with Crippen molar-refractivity contribution in [2.45, 2.75) is 0 Å². The Hall–Kier alpha value is 0.823. The van der Waals surface area contributed by atoms with Gasteiger partial charge in [-0.1, -0.05) is 0 Å². The van der Waals surface area contributed by atoms with Crippen molar-refractivity contribution in [1.82, 2.24) is 0 Å². The zero-order valence-electron chi connectivity index (χ0n) is 4.04. The van der Waals surface area contributed by atoms with Crippen LogP contribution < -0.4 is 0 Å². The van der Waals surface area contributed by atoms with Crippen molar-refractivity contribution in [3.8, 4) is 0 Å². The Morgan fingerprint density at radius 1 is 1.25 bits per heavy atom. The molecule has 0 fully saturated rings. The molecular formula is C3H3Cl3GeO. The van der Waals surface area contributed by atoms with E-state index in [4.69, 9.17) is 34.8 Å². The van der Waals surface area contributed by atoms with Crippen molar-refractivity contribution in [2.24, 2.45) is 0 Å². The summed E-state index contributed by atoms with van der Waals surface area (Å²) in [7, 11) is 0. The van der Waals surface area contributed by atoms with Crippen LogP contribution in [0.3, 0.4) is 0 Å². The second kappa shape index (κ2) is 3.77. The van der Waals surface area contributed by atoms with Gasteiger partial charge >= 0.3 is 70.3 Å². The van der Waals surface area contributed by atoms with E-state index in [1.807, 2.05) is 0 Å². The first kappa shape index (κ1) is 8.82. The molecule has 0 aromatic rings. The van der Waals surface area contributed by atoms with E-state index < -0.39 is 0 Å². The normalized spacial score (nSPS) is 8.88. The first-order valence-corrected chi connectivity index (χ1v) is 5.00. The summed E-state index contributed by atoms with van der Waals surface area (Å²) < 4.78 is -0.274. The molecule has 0 saturated carbocycles. The van der Waals surface area contributed by atoms with Crippen molar-refractivity contribution in [3.05, 3.63) is 9.52 Å². The number of carbonyl (C=O) groups excluding carboxylic acids is 1. The van der Waals surface area contributed by atoms with Gasteiger partial charge < -0.3 is 0 Å². The first-order chi connectivity index (χ1) is 3.55. The van der Waals surface area contributed by atoms with Crippen molar-refractivity contribution >= 4 is 55.9 Å². The van der Waals surface area contributed by atoms with Gasteiger partial charge in [0.15, 0.2) is 0 Å². The Balaban J connectivity index is 4.23. The summed E-state index contributed by atoms with van der Waals surface area (Å²) >= 11 is 15.6. The molecule has 0 unspecified atom stereocenters. The Morgan fingerprint density at radius 2 is 1.62 bits per heavy atom. The summed E-state index contributed by atoms with van der Waals surface area (Å²) in [5.41, 5.74) is 0. The Bertz CT molecular complexity index is 137. The maximum atomic E-state index is 10.3. The van der Waals surface area contributed by atoms with Gasteiger partial charge in [-0.3, -0.25) is 0 Å². The number of hydrogen-bond acceptors (Lipinski definition) is 1. The molecule has 0 amide bonds. The monoisotopic (exact) mass is 234 g/mol. The van der Waals surface area contributed by atoms with Crippen LogP contribution in [0.4, 0.5) is 0 Å². The molecular weight excluding hydrogens is 231 g/mol. The average molecular weight is 234 g/mol. The molecule has 0 aromatic heterocycles. The number of carbonyl (C=O) groups is 1. The predicted octanol–water partition coefficient (Wildman–Crippen LogP) is 0.764. The number of halogens is 3. The van der Waals surface area contributed by atoms with Crippen LogP contribution in [0.1, 0.15) is 0 Å². The van der Waals surface area contributed by atoms with Gasteiger partial charge in [-0.05, 0) is 0 Å². The Morgan fingerprint density at radius 3 is 1.62 bits per heavy atom. The SMILES string of the molecule is O=[C]([GeH3])C(Cl)=C(Cl)Cl. The number of hydrogen-bond donors (Lipinski definition) is 0. The number of allylic oxidation sites excluding steroid dienone is 1. The summed E-state index contributed by atoms with van der Waals surface area (Å²) in [6.07, 6.45) is 0. The van der Waals surface area contributed by atoms with Crippen molar-refractivity contribution in [3.63, 3.8) is 0 Å². The molecule has 0 aliphatic heterocycles. The van der Waals surface area contributed by atoms with Gasteiger partial charge in [0.2, 0.25) is 0 Å². The van der Waals surface area contributed by atoms with Crippen molar-refractivity contribution in [1.29, 1.82) is 0 Å². The van der Waals surface area contributed by atoms with E-state index >= 15 is 0 Å². The van der Waals surface area contributed by atoms with E-state index in [1.165, 1.54) is 0 Å². The average Bonchev–Trinajstić information content (AvgIpc) is 1.64. The standard InChI is InChI=1S/C3H3Cl3GeO/c4-1(2(5)6)3(7)8/h7H3. The summed E-state index contributed by atoms with van der Waals surface area (Å²) in [6.45, 7) is 0. The maximum absolute atomic E-state index is 10.3. The van der Waals surface area contributed by atoms with E-state index in [0.29, 0.717) is 0 Å². The van der Waals surface area contributed by atoms with E-state index in [9.17, 15) is 4.79 Å². The molecule has 5 heteroatoms. The molecule has 0 saturated heterocycles. The van der Waals surface area contributed by atoms with Gasteiger partial charge in [0.25, 0.3) is 0 Å². The fourth-order valence-electron chi connectivity index (χ4n) is 0.133. The fourth-order valence-corrected chi connectivity index (χ4v) is 1.59. The quantitative estimate of drug-likeness (QED) is 0.483. The van der Waals surface area contributed by atoms with Gasteiger partial charge in [-0.25, -0.2) is 0 Å². The second-order valence-corrected chi connectivity index (χ2v) is 4.36. The van der Waals surface area contributed by atoms with Crippen LogP contribution in [-0.2, 0) is 4.79 Å². The third kappa shape index (κ3) is 2.97. The molecule has 0 aromatic carbocycles. The third-order valence-electron chi connectivity index (χ3n) is 0.475. The van der Waals surface area contributed by atoms with Gasteiger partial charge in [-0.15, -0.1) is 0 Å². The molecule has 0 heterocycles. The van der Waals surface area contributed by atoms with Crippen LogP contribution in [0, 0.1) is 0 Å². The van der Waals surface area contributed by atoms with E-state index in [2.05, 4.69) is 0 Å². The molecule has 0 bridgehead atoms. The molecule has 0 atom stereocenters. The first-order valence-electron chi connectivity index (χ1n) is 1.77. The molecule has 8 heavy (non-hydrogen) atoms. The van der Waals surface area contributed by atoms with E-state index in [1.54, 1.807) is 0 Å². The van der Waals surface area contributed by atoms with Gasteiger partial charge in [0, 0.05) is 0 Å². The summed E-state index contributed by atoms with van der Waals surface area (Å²) in [5.74, 6) is 0. The molecule has 1 nitrogen and oxygen atoms in total. The van der Waals surface area contributed by atoms with Gasteiger partial charge in [0.1, 0.15) is 0 Å². The molecule has 0 spiro atoms. The van der Waals surface area contributed by atoms with Crippen LogP contribution in [0.15, 0.2) is 9.52 Å². The van der Waals surface area contributed by atoms with Gasteiger partial charge in [-0.2, -0.15) is 0 Å². The zero-order chi connectivity index (χ0) is 6.73. The van der Waals surface area contributed by atoms with Crippen LogP contribution in [0.25, 0.3) is 0 Å². The Kier molecular flexibility index (Phi) is 4.16. The van der Waals surface area contributed by atoms with Crippen LogP contribution >= 0.6 is 34.8 Å². The molecule has 0 N–H and O–H groups in total. The third-order valence-corrected chi connectivity index (χ3v) is 3.22. The van der Waals surface area contributed by atoms with E-state index in [-0.39, 0.29) is 30.7 Å². The molecule has 0 rings (SSSR count). The summed E-state index contributed by atoms with van der Waals surface area (Å²) in [5, 5.41) is -0.0340. The topological polar surface area (TPSA) is 17.1 Å². The summed E-state index contributed by atoms with van der Waals surface area (Å²) in [6, 6.07) is 0. The zero-order valence-corrected chi connectivity index (χ0v) is 10.5. The summed E-state index contributed by atoms with van der Waals surface area (Å²) in [4.78, 5) is 10.3. The van der Waals surface area contributed by atoms with Gasteiger partial charge in [0.05, 0.1) is 0 Å². The molecule has 0 radical (unpaired) electrons. The van der Waals surface area contributed by atoms with E-state index in [0.717, 1.165) is 0 Å². The van der Waals surface area contributed by atoms with Crippen molar-refractivity contribution in [2.75, 3.05) is 0 Å². The Labute approximate surface area is 70.2 Å². The number of rotatable bonds is 1. The van der Waals surface area contributed by atoms with Crippen molar-refractivity contribution < 1.29 is 4.79 Å².